The zero-order chi connectivity index (χ0) is 12.4. The number of benzene rings is 1. The van der Waals surface area contributed by atoms with Gasteiger partial charge < -0.3 is 4.57 Å². The van der Waals surface area contributed by atoms with Gasteiger partial charge in [0, 0.05) is 17.6 Å². The first kappa shape index (κ1) is 12.0. The summed E-state index contributed by atoms with van der Waals surface area (Å²) in [6.45, 7) is 4.77. The highest BCUT2D eigenvalue weighted by atomic mass is 32.1. The second kappa shape index (κ2) is 4.84. The molecule has 0 aliphatic rings. The number of aromatic nitrogens is 1. The van der Waals surface area contributed by atoms with Gasteiger partial charge in [-0.15, -0.1) is 11.3 Å². The van der Waals surface area contributed by atoms with Crippen molar-refractivity contribution >= 4 is 11.3 Å². The monoisotopic (exact) mass is 250 g/mol. The smallest absolute Gasteiger partial charge is 0.185 e. The van der Waals surface area contributed by atoms with Crippen LogP contribution in [0.4, 0.5) is 4.39 Å². The van der Waals surface area contributed by atoms with Crippen molar-refractivity contribution in [3.8, 4) is 0 Å². The van der Waals surface area contributed by atoms with Crippen molar-refractivity contribution in [2.45, 2.75) is 20.4 Å². The van der Waals surface area contributed by atoms with Crippen LogP contribution in [0.1, 0.15) is 16.1 Å². The van der Waals surface area contributed by atoms with E-state index in [0.29, 0.717) is 6.54 Å². The second-order valence-corrected chi connectivity index (χ2v) is 5.21. The summed E-state index contributed by atoms with van der Waals surface area (Å²) in [7, 11) is 2.02. The minimum absolute atomic E-state index is 0.206. The number of halogens is 1. The summed E-state index contributed by atoms with van der Waals surface area (Å²) in [5, 5.41) is 0. The molecule has 1 heterocycles. The maximum atomic E-state index is 12.7. The van der Waals surface area contributed by atoms with E-state index in [0.717, 1.165) is 10.4 Å². The van der Waals surface area contributed by atoms with E-state index < -0.39 is 0 Å². The third-order valence-electron chi connectivity index (χ3n) is 2.85. The van der Waals surface area contributed by atoms with Gasteiger partial charge in [-0.05, 0) is 31.5 Å². The van der Waals surface area contributed by atoms with Gasteiger partial charge in [0.15, 0.2) is 4.80 Å². The predicted octanol–water partition coefficient (Wildman–Crippen LogP) is 2.94. The van der Waals surface area contributed by atoms with E-state index in [1.807, 2.05) is 7.05 Å². The van der Waals surface area contributed by atoms with Crippen LogP contribution in [0.25, 0.3) is 0 Å². The molecular weight excluding hydrogens is 235 g/mol. The Labute approximate surface area is 104 Å². The Balaban J connectivity index is 2.26. The molecule has 90 valence electrons. The first-order valence-electron chi connectivity index (χ1n) is 5.46. The van der Waals surface area contributed by atoms with Crippen molar-refractivity contribution in [2.75, 3.05) is 0 Å². The Morgan fingerprint density at radius 1 is 1.24 bits per heavy atom. The summed E-state index contributed by atoms with van der Waals surface area (Å²) in [6.07, 6.45) is 0. The molecule has 0 amide bonds. The number of hydrogen-bond acceptors (Lipinski definition) is 2. The van der Waals surface area contributed by atoms with Crippen LogP contribution in [0.15, 0.2) is 29.3 Å². The first-order valence-corrected chi connectivity index (χ1v) is 6.27. The third-order valence-corrected chi connectivity index (χ3v) is 4.04. The van der Waals surface area contributed by atoms with Gasteiger partial charge >= 0.3 is 0 Å². The molecule has 2 aromatic rings. The van der Waals surface area contributed by atoms with E-state index in [-0.39, 0.29) is 5.82 Å². The summed E-state index contributed by atoms with van der Waals surface area (Å²) >= 11 is 1.69. The maximum absolute atomic E-state index is 12.7. The highest BCUT2D eigenvalue weighted by Gasteiger charge is 2.01. The Hall–Kier alpha value is -1.42. The molecule has 2 nitrogen and oxygen atoms in total. The molecule has 0 spiro atoms. The van der Waals surface area contributed by atoms with Gasteiger partial charge in [-0.1, -0.05) is 12.1 Å². The molecule has 0 N–H and O–H groups in total. The van der Waals surface area contributed by atoms with Crippen molar-refractivity contribution in [2.24, 2.45) is 12.0 Å². The standard InChI is InChI=1S/C13H15FN2S/c1-9-10(2)17-13(16(9)3)15-8-11-4-6-12(14)7-5-11/h4-7H,8H2,1-3H3. The second-order valence-electron chi connectivity index (χ2n) is 4.03. The predicted molar refractivity (Wildman–Crippen MR) is 68.4 cm³/mol. The van der Waals surface area contributed by atoms with Gasteiger partial charge in [0.1, 0.15) is 5.82 Å². The van der Waals surface area contributed by atoms with Crippen LogP contribution < -0.4 is 4.80 Å². The molecular formula is C13H15FN2S. The van der Waals surface area contributed by atoms with Crippen LogP contribution >= 0.6 is 11.3 Å². The van der Waals surface area contributed by atoms with Crippen LogP contribution in [0.2, 0.25) is 0 Å². The van der Waals surface area contributed by atoms with E-state index in [9.17, 15) is 4.39 Å². The van der Waals surface area contributed by atoms with E-state index in [1.54, 1.807) is 23.5 Å². The quantitative estimate of drug-likeness (QED) is 0.780. The van der Waals surface area contributed by atoms with Gasteiger partial charge in [0.05, 0.1) is 6.54 Å². The molecule has 0 aliphatic heterocycles. The molecule has 1 aromatic carbocycles. The Morgan fingerprint density at radius 3 is 2.41 bits per heavy atom. The molecule has 0 unspecified atom stereocenters. The largest absolute Gasteiger partial charge is 0.324 e. The number of nitrogens with zero attached hydrogens (tertiary/aromatic N) is 2. The topological polar surface area (TPSA) is 17.3 Å². The molecule has 4 heteroatoms. The third kappa shape index (κ3) is 2.64. The van der Waals surface area contributed by atoms with Crippen LogP contribution in [0.3, 0.4) is 0 Å². The van der Waals surface area contributed by atoms with Crippen LogP contribution in [-0.2, 0) is 13.6 Å². The van der Waals surface area contributed by atoms with Crippen molar-refractivity contribution in [3.63, 3.8) is 0 Å². The molecule has 1 aromatic heterocycles. The summed E-state index contributed by atoms with van der Waals surface area (Å²) in [4.78, 5) is 6.83. The fourth-order valence-corrected chi connectivity index (χ4v) is 2.51. The number of rotatable bonds is 2. The van der Waals surface area contributed by atoms with E-state index in [2.05, 4.69) is 23.4 Å². The van der Waals surface area contributed by atoms with Crippen molar-refractivity contribution in [1.82, 2.24) is 4.57 Å². The van der Waals surface area contributed by atoms with Crippen molar-refractivity contribution in [1.29, 1.82) is 0 Å². The van der Waals surface area contributed by atoms with E-state index in [1.165, 1.54) is 22.7 Å². The minimum Gasteiger partial charge on any atom is -0.324 e. The van der Waals surface area contributed by atoms with Crippen molar-refractivity contribution in [3.05, 3.63) is 51.0 Å². The highest BCUT2D eigenvalue weighted by Crippen LogP contribution is 2.08. The van der Waals surface area contributed by atoms with Gasteiger partial charge in [0.2, 0.25) is 0 Å². The lowest BCUT2D eigenvalue weighted by Gasteiger charge is -1.97. The average Bonchev–Trinajstić information content (AvgIpc) is 2.56. The summed E-state index contributed by atoms with van der Waals surface area (Å²) in [6, 6.07) is 6.48. The average molecular weight is 250 g/mol. The Bertz CT molecular complexity index is 578. The molecule has 0 aliphatic carbocycles. The molecule has 0 fully saturated rings. The Morgan fingerprint density at radius 2 is 1.88 bits per heavy atom. The lowest BCUT2D eigenvalue weighted by Crippen LogP contribution is -2.11. The molecule has 0 saturated heterocycles. The van der Waals surface area contributed by atoms with Crippen LogP contribution in [0, 0.1) is 19.7 Å². The summed E-state index contributed by atoms with van der Waals surface area (Å²) < 4.78 is 14.8. The lowest BCUT2D eigenvalue weighted by molar-refractivity contribution is 0.627. The number of aryl methyl sites for hydroxylation is 1. The molecule has 2 rings (SSSR count). The van der Waals surface area contributed by atoms with E-state index >= 15 is 0 Å². The fraction of sp³-hybridized carbons (Fsp3) is 0.308. The normalized spacial score (nSPS) is 12.1. The molecule has 0 atom stereocenters. The van der Waals surface area contributed by atoms with Crippen molar-refractivity contribution < 1.29 is 4.39 Å². The van der Waals surface area contributed by atoms with Gasteiger partial charge in [-0.25, -0.2) is 4.39 Å². The van der Waals surface area contributed by atoms with Crippen LogP contribution in [-0.4, -0.2) is 4.57 Å². The summed E-state index contributed by atoms with van der Waals surface area (Å²) in [5.41, 5.74) is 2.27. The minimum atomic E-state index is -0.206. The zero-order valence-corrected chi connectivity index (χ0v) is 11.0. The molecule has 17 heavy (non-hydrogen) atoms. The van der Waals surface area contributed by atoms with Gasteiger partial charge in [-0.2, -0.15) is 0 Å². The lowest BCUT2D eigenvalue weighted by atomic mass is 10.2. The maximum Gasteiger partial charge on any atom is 0.185 e. The van der Waals surface area contributed by atoms with Gasteiger partial charge in [0.25, 0.3) is 0 Å². The number of hydrogen-bond donors (Lipinski definition) is 0. The number of thiazole rings is 1. The molecule has 0 bridgehead atoms. The van der Waals surface area contributed by atoms with E-state index in [4.69, 9.17) is 0 Å². The first-order chi connectivity index (χ1) is 8.08. The Kier molecular flexibility index (Phi) is 3.43. The summed E-state index contributed by atoms with van der Waals surface area (Å²) in [5.74, 6) is -0.206. The molecule has 0 saturated carbocycles. The SMILES string of the molecule is Cc1sc(=NCc2ccc(F)cc2)n(C)c1C. The fourth-order valence-electron chi connectivity index (χ4n) is 1.55. The zero-order valence-electron chi connectivity index (χ0n) is 10.2. The molecule has 0 radical (unpaired) electrons. The van der Waals surface area contributed by atoms with Gasteiger partial charge in [-0.3, -0.25) is 4.99 Å². The highest BCUT2D eigenvalue weighted by molar-refractivity contribution is 7.09. The van der Waals surface area contributed by atoms with Crippen LogP contribution in [0.5, 0.6) is 0 Å².